The third-order valence-corrected chi connectivity index (χ3v) is 3.91. The molecule has 1 amide bonds. The normalized spacial score (nSPS) is 17.9. The van der Waals surface area contributed by atoms with Crippen molar-refractivity contribution in [3.63, 3.8) is 0 Å². The average molecular weight is 316 g/mol. The first-order valence-corrected chi connectivity index (χ1v) is 8.19. The highest BCUT2D eigenvalue weighted by molar-refractivity contribution is 5.68. The Morgan fingerprint density at radius 1 is 1.09 bits per heavy atom. The zero-order chi connectivity index (χ0) is 16.4. The van der Waals surface area contributed by atoms with Crippen LogP contribution < -0.4 is 15.6 Å². The predicted octanol–water partition coefficient (Wildman–Crippen LogP) is 0.888. The zero-order valence-electron chi connectivity index (χ0n) is 14.1. The summed E-state index contributed by atoms with van der Waals surface area (Å²) < 4.78 is 5.42. The van der Waals surface area contributed by atoms with Crippen molar-refractivity contribution in [2.45, 2.75) is 39.2 Å². The molecule has 1 aromatic heterocycles. The quantitative estimate of drug-likeness (QED) is 0.770. The molecule has 6 heteroatoms. The average Bonchev–Trinajstić information content (AvgIpc) is 2.53. The van der Waals surface area contributed by atoms with E-state index in [9.17, 15) is 4.79 Å². The van der Waals surface area contributed by atoms with E-state index in [4.69, 9.17) is 9.72 Å². The Bertz CT molecular complexity index is 700. The van der Waals surface area contributed by atoms with Crippen molar-refractivity contribution >= 4 is 24.1 Å². The molecule has 0 radical (unpaired) electrons. The number of fused-ring (bicyclic) bond motifs is 1. The molecule has 6 nitrogen and oxygen atoms in total. The van der Waals surface area contributed by atoms with Gasteiger partial charge in [-0.05, 0) is 33.6 Å². The van der Waals surface area contributed by atoms with Crippen LogP contribution in [0, 0.1) is 0 Å². The fourth-order valence-electron chi connectivity index (χ4n) is 2.75. The van der Waals surface area contributed by atoms with Gasteiger partial charge in [0.25, 0.3) is 0 Å². The Morgan fingerprint density at radius 3 is 2.39 bits per heavy atom. The lowest BCUT2D eigenvalue weighted by Gasteiger charge is -2.36. The van der Waals surface area contributed by atoms with Gasteiger partial charge in [-0.2, -0.15) is 0 Å². The Morgan fingerprint density at radius 2 is 1.74 bits per heavy atom. The van der Waals surface area contributed by atoms with Crippen LogP contribution in [0.25, 0.3) is 12.2 Å². The highest BCUT2D eigenvalue weighted by Crippen LogP contribution is 2.14. The largest absolute Gasteiger partial charge is 0.444 e. The number of amides is 1. The lowest BCUT2D eigenvalue weighted by molar-refractivity contribution is 0.0240. The first-order chi connectivity index (χ1) is 10.9. The molecule has 2 aliphatic rings. The van der Waals surface area contributed by atoms with E-state index in [1.54, 1.807) is 4.90 Å². The minimum Gasteiger partial charge on any atom is -0.444 e. The molecule has 23 heavy (non-hydrogen) atoms. The smallest absolute Gasteiger partial charge is 0.410 e. The summed E-state index contributed by atoms with van der Waals surface area (Å²) in [7, 11) is 0. The highest BCUT2D eigenvalue weighted by Gasteiger charge is 2.26. The van der Waals surface area contributed by atoms with Gasteiger partial charge in [-0.15, -0.1) is 0 Å². The maximum absolute atomic E-state index is 12.1. The maximum atomic E-state index is 12.1. The highest BCUT2D eigenvalue weighted by atomic mass is 16.6. The number of carbonyl (C=O) groups is 1. The Hall–Kier alpha value is -2.11. The van der Waals surface area contributed by atoms with E-state index in [-0.39, 0.29) is 6.09 Å². The van der Waals surface area contributed by atoms with Crippen molar-refractivity contribution in [3.05, 3.63) is 16.9 Å². The zero-order valence-corrected chi connectivity index (χ0v) is 14.1. The van der Waals surface area contributed by atoms with Gasteiger partial charge in [0.2, 0.25) is 0 Å². The molecule has 124 valence electrons. The molecule has 0 N–H and O–H groups in total. The second-order valence-electron chi connectivity index (χ2n) is 6.94. The van der Waals surface area contributed by atoms with Gasteiger partial charge in [0, 0.05) is 26.2 Å². The summed E-state index contributed by atoms with van der Waals surface area (Å²) in [4.78, 5) is 25.2. The molecule has 0 spiro atoms. The summed E-state index contributed by atoms with van der Waals surface area (Å²) in [5.74, 6) is 0.888. The molecule has 0 saturated carbocycles. The molecule has 1 aliphatic heterocycles. The predicted molar refractivity (Wildman–Crippen MR) is 89.5 cm³/mol. The molecular formula is C17H24N4O2. The molecule has 0 bridgehead atoms. The minimum absolute atomic E-state index is 0.239. The number of nitrogens with zero attached hydrogens (tertiary/aromatic N) is 4. The SMILES string of the molecule is CC(C)(C)OC(=O)N1CCN(c2cnc3c(n2)=CCCC=3)CC1. The number of carbonyl (C=O) groups excluding carboxylic acids is 1. The third-order valence-electron chi connectivity index (χ3n) is 3.91. The van der Waals surface area contributed by atoms with Gasteiger partial charge in [0.1, 0.15) is 11.4 Å². The van der Waals surface area contributed by atoms with Crippen LogP contribution in [0.3, 0.4) is 0 Å². The minimum atomic E-state index is -0.454. The van der Waals surface area contributed by atoms with E-state index in [0.717, 1.165) is 42.4 Å². The molecule has 0 unspecified atom stereocenters. The van der Waals surface area contributed by atoms with E-state index in [1.807, 2.05) is 27.0 Å². The number of anilines is 1. The van der Waals surface area contributed by atoms with Crippen LogP contribution in [0.4, 0.5) is 10.6 Å². The molecular weight excluding hydrogens is 292 g/mol. The van der Waals surface area contributed by atoms with E-state index in [0.29, 0.717) is 13.1 Å². The fourth-order valence-corrected chi connectivity index (χ4v) is 2.75. The van der Waals surface area contributed by atoms with Gasteiger partial charge >= 0.3 is 6.09 Å². The van der Waals surface area contributed by atoms with Gasteiger partial charge < -0.3 is 14.5 Å². The third kappa shape index (κ3) is 3.81. The van der Waals surface area contributed by atoms with Gasteiger partial charge in [-0.3, -0.25) is 4.98 Å². The second kappa shape index (κ2) is 6.18. The first kappa shape index (κ1) is 15.8. The lowest BCUT2D eigenvalue weighted by Crippen LogP contribution is -2.51. The van der Waals surface area contributed by atoms with Gasteiger partial charge in [-0.25, -0.2) is 9.78 Å². The molecule has 3 rings (SSSR count). The van der Waals surface area contributed by atoms with Crippen LogP contribution in [0.5, 0.6) is 0 Å². The van der Waals surface area contributed by atoms with E-state index < -0.39 is 5.60 Å². The number of ether oxygens (including phenoxy) is 1. The maximum Gasteiger partial charge on any atom is 0.410 e. The van der Waals surface area contributed by atoms with Crippen molar-refractivity contribution < 1.29 is 9.53 Å². The van der Waals surface area contributed by atoms with E-state index >= 15 is 0 Å². The Kier molecular flexibility index (Phi) is 4.24. The summed E-state index contributed by atoms with van der Waals surface area (Å²) in [6.45, 7) is 8.44. The Labute approximate surface area is 136 Å². The molecule has 1 saturated heterocycles. The molecule has 0 aromatic carbocycles. The number of hydrogen-bond donors (Lipinski definition) is 0. The van der Waals surface area contributed by atoms with Crippen molar-refractivity contribution in [1.29, 1.82) is 0 Å². The monoisotopic (exact) mass is 316 g/mol. The fraction of sp³-hybridized carbons (Fsp3) is 0.588. The first-order valence-electron chi connectivity index (χ1n) is 8.19. The van der Waals surface area contributed by atoms with Crippen LogP contribution in [0.1, 0.15) is 33.6 Å². The van der Waals surface area contributed by atoms with Gasteiger partial charge in [0.15, 0.2) is 0 Å². The number of aromatic nitrogens is 2. The number of rotatable bonds is 1. The van der Waals surface area contributed by atoms with Crippen LogP contribution in [0.15, 0.2) is 6.20 Å². The van der Waals surface area contributed by atoms with Crippen molar-refractivity contribution in [3.8, 4) is 0 Å². The summed E-state index contributed by atoms with van der Waals surface area (Å²) in [5.41, 5.74) is -0.454. The van der Waals surface area contributed by atoms with Crippen molar-refractivity contribution in [1.82, 2.24) is 14.9 Å². The molecule has 1 aromatic rings. The molecule has 1 fully saturated rings. The number of hydrogen-bond acceptors (Lipinski definition) is 5. The van der Waals surface area contributed by atoms with Crippen LogP contribution in [-0.4, -0.2) is 52.7 Å². The topological polar surface area (TPSA) is 58.6 Å². The Balaban J connectivity index is 1.65. The summed E-state index contributed by atoms with van der Waals surface area (Å²) in [6, 6.07) is 0. The van der Waals surface area contributed by atoms with E-state index in [1.165, 1.54) is 0 Å². The lowest BCUT2D eigenvalue weighted by atomic mass is 10.2. The summed E-state index contributed by atoms with van der Waals surface area (Å²) in [6.07, 6.45) is 7.93. The van der Waals surface area contributed by atoms with Crippen LogP contribution in [-0.2, 0) is 4.74 Å². The van der Waals surface area contributed by atoms with Crippen LogP contribution >= 0.6 is 0 Å². The number of piperazine rings is 1. The molecule has 2 heterocycles. The second-order valence-corrected chi connectivity index (χ2v) is 6.94. The van der Waals surface area contributed by atoms with Crippen molar-refractivity contribution in [2.24, 2.45) is 0 Å². The van der Waals surface area contributed by atoms with Gasteiger partial charge in [0.05, 0.1) is 16.9 Å². The van der Waals surface area contributed by atoms with Gasteiger partial charge in [-0.1, -0.05) is 12.2 Å². The molecule has 0 atom stereocenters. The van der Waals surface area contributed by atoms with Crippen molar-refractivity contribution in [2.75, 3.05) is 31.1 Å². The standard InChI is InChI=1S/C17H24N4O2/c1-17(2,3)23-16(22)21-10-8-20(9-11-21)15-12-18-13-6-4-5-7-14(13)19-15/h6-7,12H,4-5,8-11H2,1-3H3. The molecule has 1 aliphatic carbocycles. The summed E-state index contributed by atoms with van der Waals surface area (Å²) >= 11 is 0. The van der Waals surface area contributed by atoms with Crippen LogP contribution in [0.2, 0.25) is 0 Å². The summed E-state index contributed by atoms with van der Waals surface area (Å²) in [5, 5.41) is 1.95. The van der Waals surface area contributed by atoms with E-state index in [2.05, 4.69) is 22.0 Å².